The van der Waals surface area contributed by atoms with Crippen molar-refractivity contribution >= 4 is 28.9 Å². The molecule has 0 aromatic heterocycles. The summed E-state index contributed by atoms with van der Waals surface area (Å²) in [5.74, 6) is 0.839. The molecule has 4 heteroatoms. The van der Waals surface area contributed by atoms with E-state index >= 15 is 0 Å². The van der Waals surface area contributed by atoms with Crippen molar-refractivity contribution in [1.29, 1.82) is 0 Å². The molecule has 1 unspecified atom stereocenters. The molecule has 2 aromatic rings. The summed E-state index contributed by atoms with van der Waals surface area (Å²) in [5, 5.41) is 4.16. The first-order valence-corrected chi connectivity index (χ1v) is 7.38. The molecular weight excluding hydrogens is 282 g/mol. The summed E-state index contributed by atoms with van der Waals surface area (Å²) in [5.41, 5.74) is 4.49. The molecule has 1 N–H and O–H groups in total. The van der Waals surface area contributed by atoms with Crippen molar-refractivity contribution in [3.05, 3.63) is 58.6 Å². The first-order valence-electron chi connectivity index (χ1n) is 7.00. The zero-order valence-electron chi connectivity index (χ0n) is 12.4. The number of nitrogens with zero attached hydrogens (tertiary/aromatic N) is 2. The van der Waals surface area contributed by atoms with E-state index in [0.29, 0.717) is 0 Å². The number of fused-ring (bicyclic) bond motifs is 1. The highest BCUT2D eigenvalue weighted by Crippen LogP contribution is 2.40. The Balaban J connectivity index is 2.17. The van der Waals surface area contributed by atoms with E-state index in [4.69, 9.17) is 11.6 Å². The Bertz CT molecular complexity index is 709. The van der Waals surface area contributed by atoms with E-state index in [9.17, 15) is 0 Å². The third-order valence-corrected chi connectivity index (χ3v) is 4.25. The molecule has 0 spiro atoms. The molecular formula is C17H18ClN3. The number of rotatable bonds is 1. The summed E-state index contributed by atoms with van der Waals surface area (Å²) in [4.78, 5) is 6.61. The fraction of sp³-hybridized carbons (Fsp3) is 0.235. The van der Waals surface area contributed by atoms with Crippen LogP contribution in [0.3, 0.4) is 0 Å². The van der Waals surface area contributed by atoms with Crippen LogP contribution in [0.2, 0.25) is 5.02 Å². The molecule has 0 fully saturated rings. The third-order valence-electron chi connectivity index (χ3n) is 3.92. The van der Waals surface area contributed by atoms with Crippen LogP contribution in [0.15, 0.2) is 47.5 Å². The van der Waals surface area contributed by atoms with Gasteiger partial charge in [0.15, 0.2) is 0 Å². The van der Waals surface area contributed by atoms with Gasteiger partial charge >= 0.3 is 0 Å². The van der Waals surface area contributed by atoms with E-state index in [1.54, 1.807) is 7.05 Å². The minimum Gasteiger partial charge on any atom is -0.326 e. The molecule has 0 amide bonds. The van der Waals surface area contributed by atoms with Crippen LogP contribution >= 0.6 is 11.6 Å². The average molecular weight is 300 g/mol. The molecule has 0 bridgehead atoms. The molecule has 0 saturated carbocycles. The lowest BCUT2D eigenvalue weighted by Crippen LogP contribution is -2.43. The van der Waals surface area contributed by atoms with Crippen molar-refractivity contribution in [2.24, 2.45) is 4.99 Å². The molecule has 0 radical (unpaired) electrons. The monoisotopic (exact) mass is 299 g/mol. The topological polar surface area (TPSA) is 27.6 Å². The maximum Gasteiger partial charge on any atom is 0.203 e. The maximum absolute atomic E-state index is 6.41. The number of benzene rings is 2. The van der Waals surface area contributed by atoms with E-state index in [1.807, 2.05) is 30.3 Å². The normalized spacial score (nSPS) is 19.3. The average Bonchev–Trinajstić information content (AvgIpc) is 2.48. The highest BCUT2D eigenvalue weighted by Gasteiger charge is 2.31. The molecule has 0 aliphatic carbocycles. The molecule has 3 rings (SSSR count). The van der Waals surface area contributed by atoms with Gasteiger partial charge in [-0.3, -0.25) is 4.99 Å². The second-order valence-corrected chi connectivity index (χ2v) is 5.61. The predicted molar refractivity (Wildman–Crippen MR) is 90.5 cm³/mol. The Hall–Kier alpha value is -2.00. The number of guanidine groups is 1. The van der Waals surface area contributed by atoms with Crippen molar-refractivity contribution in [1.82, 2.24) is 0 Å². The Labute approximate surface area is 130 Å². The molecule has 21 heavy (non-hydrogen) atoms. The van der Waals surface area contributed by atoms with Gasteiger partial charge in [-0.1, -0.05) is 35.9 Å². The van der Waals surface area contributed by atoms with Gasteiger partial charge in [0.1, 0.15) is 0 Å². The summed E-state index contributed by atoms with van der Waals surface area (Å²) >= 11 is 6.41. The first-order chi connectivity index (χ1) is 10.1. The van der Waals surface area contributed by atoms with Gasteiger partial charge in [0, 0.05) is 29.0 Å². The van der Waals surface area contributed by atoms with Crippen LogP contribution in [-0.4, -0.2) is 13.0 Å². The maximum atomic E-state index is 6.41. The van der Waals surface area contributed by atoms with Crippen molar-refractivity contribution in [3.8, 4) is 0 Å². The summed E-state index contributed by atoms with van der Waals surface area (Å²) in [6, 6.07) is 14.4. The number of anilines is 2. The van der Waals surface area contributed by atoms with Crippen LogP contribution in [-0.2, 0) is 0 Å². The van der Waals surface area contributed by atoms with E-state index in [0.717, 1.165) is 27.9 Å². The number of hydrogen-bond acceptors (Lipinski definition) is 1. The first kappa shape index (κ1) is 14.0. The van der Waals surface area contributed by atoms with Gasteiger partial charge in [0.2, 0.25) is 5.96 Å². The molecule has 0 saturated heterocycles. The Morgan fingerprint density at radius 1 is 1.14 bits per heavy atom. The second kappa shape index (κ2) is 5.41. The van der Waals surface area contributed by atoms with E-state index in [2.05, 4.69) is 41.2 Å². The highest BCUT2D eigenvalue weighted by atomic mass is 35.5. The zero-order valence-corrected chi connectivity index (χ0v) is 13.1. The second-order valence-electron chi connectivity index (χ2n) is 5.21. The summed E-state index contributed by atoms with van der Waals surface area (Å²) < 4.78 is 0. The van der Waals surface area contributed by atoms with Gasteiger partial charge in [-0.25, -0.2) is 0 Å². The third kappa shape index (κ3) is 2.28. The van der Waals surface area contributed by atoms with Crippen LogP contribution in [0.4, 0.5) is 11.4 Å². The number of hydrogen-bond donors (Lipinski definition) is 1. The van der Waals surface area contributed by atoms with Crippen LogP contribution in [0, 0.1) is 6.92 Å². The lowest BCUT2D eigenvalue weighted by molar-refractivity contribution is 0.776. The van der Waals surface area contributed by atoms with Crippen molar-refractivity contribution in [2.75, 3.05) is 17.3 Å². The van der Waals surface area contributed by atoms with Crippen LogP contribution in [0.1, 0.15) is 24.1 Å². The highest BCUT2D eigenvalue weighted by molar-refractivity contribution is 6.32. The Morgan fingerprint density at radius 2 is 1.90 bits per heavy atom. The van der Waals surface area contributed by atoms with Gasteiger partial charge in [0.25, 0.3) is 0 Å². The van der Waals surface area contributed by atoms with Gasteiger partial charge in [0.05, 0.1) is 6.04 Å². The van der Waals surface area contributed by atoms with Gasteiger partial charge in [-0.2, -0.15) is 0 Å². The fourth-order valence-electron chi connectivity index (χ4n) is 2.88. The van der Waals surface area contributed by atoms with Gasteiger partial charge in [-0.05, 0) is 37.6 Å². The van der Waals surface area contributed by atoms with Crippen molar-refractivity contribution < 1.29 is 0 Å². The number of aryl methyl sites for hydroxylation is 1. The summed E-state index contributed by atoms with van der Waals surface area (Å²) in [6.07, 6.45) is 0. The summed E-state index contributed by atoms with van der Waals surface area (Å²) in [6.45, 7) is 4.26. The largest absolute Gasteiger partial charge is 0.326 e. The molecule has 1 aliphatic rings. The van der Waals surface area contributed by atoms with Crippen LogP contribution < -0.4 is 10.2 Å². The molecule has 3 nitrogen and oxygen atoms in total. The van der Waals surface area contributed by atoms with E-state index < -0.39 is 0 Å². The molecule has 108 valence electrons. The minimum atomic E-state index is 0.120. The Morgan fingerprint density at radius 3 is 2.62 bits per heavy atom. The molecule has 1 atom stereocenters. The van der Waals surface area contributed by atoms with Crippen molar-refractivity contribution in [3.63, 3.8) is 0 Å². The van der Waals surface area contributed by atoms with Gasteiger partial charge < -0.3 is 10.2 Å². The van der Waals surface area contributed by atoms with Gasteiger partial charge in [-0.15, -0.1) is 0 Å². The number of nitrogens with one attached hydrogen (secondary N) is 1. The molecule has 2 aromatic carbocycles. The Kier molecular flexibility index (Phi) is 3.60. The number of para-hydroxylation sites is 1. The van der Waals surface area contributed by atoms with E-state index in [1.165, 1.54) is 5.56 Å². The van der Waals surface area contributed by atoms with Crippen LogP contribution in [0.25, 0.3) is 0 Å². The number of halogens is 1. The number of aliphatic imine (C=N–C) groups is 1. The standard InChI is InChI=1S/C17H18ClN3/c1-11-7-4-5-10-15(11)21-12(2)16-13(18)8-6-9-14(16)20-17(21)19-3/h4-10,12H,1-3H3,(H,19,20). The predicted octanol–water partition coefficient (Wildman–Crippen LogP) is 4.63. The lowest BCUT2D eigenvalue weighted by Gasteiger charge is -2.39. The van der Waals surface area contributed by atoms with Crippen LogP contribution in [0.5, 0.6) is 0 Å². The lowest BCUT2D eigenvalue weighted by atomic mass is 10.0. The minimum absolute atomic E-state index is 0.120. The quantitative estimate of drug-likeness (QED) is 0.831. The molecule has 1 heterocycles. The smallest absolute Gasteiger partial charge is 0.203 e. The zero-order chi connectivity index (χ0) is 15.0. The molecule has 1 aliphatic heterocycles. The fourth-order valence-corrected chi connectivity index (χ4v) is 3.22. The van der Waals surface area contributed by atoms with E-state index in [-0.39, 0.29) is 6.04 Å². The van der Waals surface area contributed by atoms with Crippen molar-refractivity contribution in [2.45, 2.75) is 19.9 Å². The SMILES string of the molecule is CN=C1Nc2cccc(Cl)c2C(C)N1c1ccccc1C. The summed E-state index contributed by atoms with van der Waals surface area (Å²) in [7, 11) is 1.80.